The summed E-state index contributed by atoms with van der Waals surface area (Å²) in [6, 6.07) is 0.653. The first kappa shape index (κ1) is 18.0. The molecular formula is C14H24F3N3O. The van der Waals surface area contributed by atoms with Crippen LogP contribution in [0.4, 0.5) is 13.2 Å². The van der Waals surface area contributed by atoms with Crippen LogP contribution in [0.5, 0.6) is 0 Å². The van der Waals surface area contributed by atoms with Crippen molar-refractivity contribution in [1.29, 1.82) is 0 Å². The molecule has 1 aliphatic rings. The standard InChI is InChI=1S/C14H24F3N3O/c1-18(11-14(15,16)17)8-4-5-13(21)20(3)10-9-19(2)12-6-7-12/h4-5,12H,6-11H2,1-3H3. The van der Waals surface area contributed by atoms with Crippen LogP contribution >= 0.6 is 0 Å². The summed E-state index contributed by atoms with van der Waals surface area (Å²) in [6.07, 6.45) is 1.04. The summed E-state index contributed by atoms with van der Waals surface area (Å²) in [5.41, 5.74) is 0. The maximum absolute atomic E-state index is 12.1. The molecule has 0 aliphatic heterocycles. The molecule has 0 bridgehead atoms. The number of carbonyl (C=O) groups is 1. The Morgan fingerprint density at radius 3 is 2.33 bits per heavy atom. The molecule has 0 saturated heterocycles. The fourth-order valence-electron chi connectivity index (χ4n) is 1.95. The lowest BCUT2D eigenvalue weighted by molar-refractivity contribution is -0.141. The average molecular weight is 307 g/mol. The molecule has 0 heterocycles. The van der Waals surface area contributed by atoms with Crippen LogP contribution in [0.2, 0.25) is 0 Å². The summed E-state index contributed by atoms with van der Waals surface area (Å²) in [4.78, 5) is 16.7. The van der Waals surface area contributed by atoms with E-state index >= 15 is 0 Å². The molecule has 0 aromatic heterocycles. The van der Waals surface area contributed by atoms with Crippen LogP contribution < -0.4 is 0 Å². The molecule has 1 aliphatic carbocycles. The molecule has 7 heteroatoms. The highest BCUT2D eigenvalue weighted by Gasteiger charge is 2.28. The second-order valence-electron chi connectivity index (χ2n) is 5.69. The van der Waals surface area contributed by atoms with E-state index in [4.69, 9.17) is 0 Å². The number of hydrogen-bond donors (Lipinski definition) is 0. The first-order valence-corrected chi connectivity index (χ1v) is 7.06. The molecule has 21 heavy (non-hydrogen) atoms. The van der Waals surface area contributed by atoms with E-state index in [0.29, 0.717) is 12.6 Å². The van der Waals surface area contributed by atoms with Crippen LogP contribution in [-0.2, 0) is 4.79 Å². The van der Waals surface area contributed by atoms with Crippen molar-refractivity contribution in [3.8, 4) is 0 Å². The minimum atomic E-state index is -4.21. The monoisotopic (exact) mass is 307 g/mol. The Bertz CT molecular complexity index is 367. The zero-order chi connectivity index (χ0) is 16.0. The first-order valence-electron chi connectivity index (χ1n) is 7.06. The van der Waals surface area contributed by atoms with Crippen LogP contribution in [0.25, 0.3) is 0 Å². The van der Waals surface area contributed by atoms with Gasteiger partial charge in [0.2, 0.25) is 5.91 Å². The summed E-state index contributed by atoms with van der Waals surface area (Å²) >= 11 is 0. The zero-order valence-corrected chi connectivity index (χ0v) is 12.9. The summed E-state index contributed by atoms with van der Waals surface area (Å²) in [7, 11) is 5.11. The van der Waals surface area contributed by atoms with Gasteiger partial charge in [0.15, 0.2) is 0 Å². The van der Waals surface area contributed by atoms with Gasteiger partial charge in [0.25, 0.3) is 0 Å². The van der Waals surface area contributed by atoms with Gasteiger partial charge in [-0.1, -0.05) is 6.08 Å². The average Bonchev–Trinajstić information content (AvgIpc) is 3.17. The minimum Gasteiger partial charge on any atom is -0.341 e. The predicted molar refractivity (Wildman–Crippen MR) is 76.0 cm³/mol. The third-order valence-electron chi connectivity index (χ3n) is 3.46. The van der Waals surface area contributed by atoms with E-state index in [2.05, 4.69) is 4.90 Å². The molecule has 4 nitrogen and oxygen atoms in total. The summed E-state index contributed by atoms with van der Waals surface area (Å²) in [6.45, 7) is 0.553. The number of rotatable bonds is 8. The van der Waals surface area contributed by atoms with Gasteiger partial charge in [0.1, 0.15) is 0 Å². The number of hydrogen-bond acceptors (Lipinski definition) is 3. The Labute approximate surface area is 124 Å². The Balaban J connectivity index is 2.22. The van der Waals surface area contributed by atoms with E-state index in [-0.39, 0.29) is 12.5 Å². The van der Waals surface area contributed by atoms with E-state index in [1.54, 1.807) is 11.9 Å². The van der Waals surface area contributed by atoms with Gasteiger partial charge < -0.3 is 9.80 Å². The lowest BCUT2D eigenvalue weighted by Crippen LogP contribution is -2.35. The van der Waals surface area contributed by atoms with Crippen molar-refractivity contribution in [2.45, 2.75) is 25.1 Å². The first-order chi connectivity index (χ1) is 9.69. The molecule has 1 amide bonds. The van der Waals surface area contributed by atoms with Gasteiger partial charge in [-0.15, -0.1) is 0 Å². The molecule has 0 atom stereocenters. The van der Waals surface area contributed by atoms with Crippen molar-refractivity contribution in [1.82, 2.24) is 14.7 Å². The van der Waals surface area contributed by atoms with Crippen molar-refractivity contribution in [3.05, 3.63) is 12.2 Å². The second kappa shape index (κ2) is 7.79. The molecule has 0 N–H and O–H groups in total. The Kier molecular flexibility index (Phi) is 6.67. The van der Waals surface area contributed by atoms with Gasteiger partial charge in [-0.05, 0) is 26.9 Å². The highest BCUT2D eigenvalue weighted by molar-refractivity contribution is 5.87. The number of halogens is 3. The predicted octanol–water partition coefficient (Wildman–Crippen LogP) is 1.59. The second-order valence-corrected chi connectivity index (χ2v) is 5.69. The molecule has 0 unspecified atom stereocenters. The van der Waals surface area contributed by atoms with Crippen molar-refractivity contribution < 1.29 is 18.0 Å². The largest absolute Gasteiger partial charge is 0.401 e. The quantitative estimate of drug-likeness (QED) is 0.637. The third-order valence-corrected chi connectivity index (χ3v) is 3.46. The fraction of sp³-hybridized carbons (Fsp3) is 0.786. The van der Waals surface area contributed by atoms with E-state index in [1.807, 2.05) is 7.05 Å². The highest BCUT2D eigenvalue weighted by Crippen LogP contribution is 2.24. The van der Waals surface area contributed by atoms with Gasteiger partial charge in [-0.25, -0.2) is 0 Å². The molecule has 122 valence electrons. The van der Waals surface area contributed by atoms with Crippen molar-refractivity contribution in [2.24, 2.45) is 0 Å². The molecule has 0 spiro atoms. The van der Waals surface area contributed by atoms with Gasteiger partial charge in [0.05, 0.1) is 6.54 Å². The highest BCUT2D eigenvalue weighted by atomic mass is 19.4. The van der Waals surface area contributed by atoms with Crippen molar-refractivity contribution >= 4 is 5.91 Å². The lowest BCUT2D eigenvalue weighted by Gasteiger charge is -2.21. The Morgan fingerprint density at radius 1 is 1.19 bits per heavy atom. The van der Waals surface area contributed by atoms with Crippen LogP contribution in [0.1, 0.15) is 12.8 Å². The van der Waals surface area contributed by atoms with E-state index in [9.17, 15) is 18.0 Å². The van der Waals surface area contributed by atoms with Crippen LogP contribution in [0.3, 0.4) is 0 Å². The molecule has 0 aromatic rings. The normalized spacial score (nSPS) is 16.2. The number of alkyl halides is 3. The number of likely N-dealkylation sites (N-methyl/N-ethyl adjacent to an activating group) is 3. The zero-order valence-electron chi connectivity index (χ0n) is 12.9. The van der Waals surface area contributed by atoms with Gasteiger partial charge >= 0.3 is 6.18 Å². The Morgan fingerprint density at radius 2 is 1.81 bits per heavy atom. The molecule has 0 radical (unpaired) electrons. The molecule has 0 aromatic carbocycles. The van der Waals surface area contributed by atoms with E-state index in [1.165, 1.54) is 32.0 Å². The molecular weight excluding hydrogens is 283 g/mol. The van der Waals surface area contributed by atoms with Crippen LogP contribution in [-0.4, -0.2) is 80.1 Å². The summed E-state index contributed by atoms with van der Waals surface area (Å²) < 4.78 is 36.4. The maximum Gasteiger partial charge on any atom is 0.401 e. The molecule has 1 rings (SSSR count). The summed E-state index contributed by atoms with van der Waals surface area (Å²) in [5.74, 6) is -0.181. The minimum absolute atomic E-state index is 0.0983. The lowest BCUT2D eigenvalue weighted by atomic mass is 10.4. The van der Waals surface area contributed by atoms with Crippen molar-refractivity contribution in [3.63, 3.8) is 0 Å². The fourth-order valence-corrected chi connectivity index (χ4v) is 1.95. The number of nitrogens with zero attached hydrogens (tertiary/aromatic N) is 3. The maximum atomic E-state index is 12.1. The molecule has 1 saturated carbocycles. The molecule has 1 fully saturated rings. The van der Waals surface area contributed by atoms with E-state index in [0.717, 1.165) is 11.4 Å². The van der Waals surface area contributed by atoms with Crippen molar-refractivity contribution in [2.75, 3.05) is 47.3 Å². The van der Waals surface area contributed by atoms with Gasteiger partial charge in [0, 0.05) is 38.8 Å². The number of amides is 1. The summed E-state index contributed by atoms with van der Waals surface area (Å²) in [5, 5.41) is 0. The van der Waals surface area contributed by atoms with Gasteiger partial charge in [-0.2, -0.15) is 13.2 Å². The van der Waals surface area contributed by atoms with Gasteiger partial charge in [-0.3, -0.25) is 9.69 Å². The number of carbonyl (C=O) groups excluding carboxylic acids is 1. The SMILES string of the molecule is CN(CC=CC(=O)N(C)CCN(C)C1CC1)CC(F)(F)F. The van der Waals surface area contributed by atoms with Crippen LogP contribution in [0.15, 0.2) is 12.2 Å². The van der Waals surface area contributed by atoms with E-state index < -0.39 is 12.7 Å². The van der Waals surface area contributed by atoms with Crippen LogP contribution in [0, 0.1) is 0 Å². The smallest absolute Gasteiger partial charge is 0.341 e. The topological polar surface area (TPSA) is 26.8 Å². The third kappa shape index (κ3) is 8.06. The Hall–Kier alpha value is -1.08.